The van der Waals surface area contributed by atoms with Crippen molar-refractivity contribution in [2.45, 2.75) is 6.42 Å². The average molecular weight is 384 g/mol. The van der Waals surface area contributed by atoms with Crippen LogP contribution < -0.4 is 0 Å². The summed E-state index contributed by atoms with van der Waals surface area (Å²) in [5.41, 5.74) is 1.98. The summed E-state index contributed by atoms with van der Waals surface area (Å²) >= 11 is 3.68. The van der Waals surface area contributed by atoms with Gasteiger partial charge in [-0.05, 0) is 34.7 Å². The number of halogens is 1. The molecule has 0 aliphatic carbocycles. The molecular weight excluding hydrogens is 375 g/mol. The Labute approximate surface area is 126 Å². The molecule has 0 atom stereocenters. The van der Waals surface area contributed by atoms with Crippen LogP contribution >= 0.6 is 33.9 Å². The number of carbonyl (C=O) groups is 1. The molecule has 96 valence electrons. The number of fused-ring (bicyclic) bond motifs is 1. The number of nitrogens with zero attached hydrogens (tertiary/aromatic N) is 2. The number of hydrogen-bond acceptors (Lipinski definition) is 3. The first-order valence-corrected chi connectivity index (χ1v) is 7.46. The third-order valence-corrected chi connectivity index (χ3v) is 4.32. The van der Waals surface area contributed by atoms with Crippen LogP contribution in [0.15, 0.2) is 36.7 Å². The van der Waals surface area contributed by atoms with Gasteiger partial charge in [0, 0.05) is 26.4 Å². The van der Waals surface area contributed by atoms with E-state index in [1.54, 1.807) is 0 Å². The maximum Gasteiger partial charge on any atom is 0.308 e. The van der Waals surface area contributed by atoms with E-state index in [0.717, 1.165) is 24.7 Å². The van der Waals surface area contributed by atoms with Gasteiger partial charge in [-0.2, -0.15) is 0 Å². The SMILES string of the molecule is O=C(O)Cc1cn2cc(-c3cccc(I)c3)nc2s1. The number of imidazole rings is 1. The van der Waals surface area contributed by atoms with Crippen LogP contribution in [0.3, 0.4) is 0 Å². The van der Waals surface area contributed by atoms with E-state index in [-0.39, 0.29) is 6.42 Å². The Kier molecular flexibility index (Phi) is 3.28. The monoisotopic (exact) mass is 384 g/mol. The summed E-state index contributed by atoms with van der Waals surface area (Å²) < 4.78 is 3.05. The zero-order valence-electron chi connectivity index (χ0n) is 9.71. The van der Waals surface area contributed by atoms with Crippen molar-refractivity contribution in [3.05, 3.63) is 45.1 Å². The Morgan fingerprint density at radius 1 is 1.42 bits per heavy atom. The van der Waals surface area contributed by atoms with Gasteiger partial charge in [-0.1, -0.05) is 12.1 Å². The number of carboxylic acids is 1. The van der Waals surface area contributed by atoms with Gasteiger partial charge in [-0.15, -0.1) is 11.3 Å². The molecule has 0 radical (unpaired) electrons. The van der Waals surface area contributed by atoms with Crippen molar-refractivity contribution < 1.29 is 9.90 Å². The summed E-state index contributed by atoms with van der Waals surface area (Å²) in [6, 6.07) is 8.13. The zero-order valence-corrected chi connectivity index (χ0v) is 12.7. The van der Waals surface area contributed by atoms with Gasteiger partial charge in [0.2, 0.25) is 0 Å². The fraction of sp³-hybridized carbons (Fsp3) is 0.0769. The summed E-state index contributed by atoms with van der Waals surface area (Å²) in [7, 11) is 0. The lowest BCUT2D eigenvalue weighted by Crippen LogP contribution is -1.97. The number of aliphatic carboxylic acids is 1. The van der Waals surface area contributed by atoms with E-state index < -0.39 is 5.97 Å². The maximum atomic E-state index is 10.7. The van der Waals surface area contributed by atoms with E-state index in [1.807, 2.05) is 35.0 Å². The number of thiazole rings is 1. The van der Waals surface area contributed by atoms with E-state index in [2.05, 4.69) is 33.6 Å². The number of carboxylic acid groups (broad SMARTS) is 1. The molecule has 6 heteroatoms. The van der Waals surface area contributed by atoms with Crippen LogP contribution in [0.5, 0.6) is 0 Å². The Bertz CT molecular complexity index is 731. The van der Waals surface area contributed by atoms with Crippen molar-refractivity contribution >= 4 is 44.9 Å². The Morgan fingerprint density at radius 2 is 2.26 bits per heavy atom. The Morgan fingerprint density at radius 3 is 2.95 bits per heavy atom. The standard InChI is InChI=1S/C13H9IN2O2S/c14-9-3-1-2-8(4-9)11-7-16-6-10(5-12(17)18)19-13(16)15-11/h1-4,6-7H,5H2,(H,17,18). The molecule has 19 heavy (non-hydrogen) atoms. The second-order valence-corrected chi connectivity index (χ2v) is 6.43. The number of hydrogen-bond donors (Lipinski definition) is 1. The molecule has 3 rings (SSSR count). The van der Waals surface area contributed by atoms with Crippen molar-refractivity contribution in [2.24, 2.45) is 0 Å². The highest BCUT2D eigenvalue weighted by Crippen LogP contribution is 2.25. The van der Waals surface area contributed by atoms with Crippen molar-refractivity contribution in [1.29, 1.82) is 0 Å². The van der Waals surface area contributed by atoms with Crippen LogP contribution in [0.4, 0.5) is 0 Å². The maximum absolute atomic E-state index is 10.7. The largest absolute Gasteiger partial charge is 0.481 e. The third kappa shape index (κ3) is 2.64. The van der Waals surface area contributed by atoms with Crippen molar-refractivity contribution in [3.8, 4) is 11.3 Å². The van der Waals surface area contributed by atoms with Gasteiger partial charge in [0.15, 0.2) is 4.96 Å². The van der Waals surface area contributed by atoms with Gasteiger partial charge in [0.25, 0.3) is 0 Å². The molecule has 0 saturated heterocycles. The quantitative estimate of drug-likeness (QED) is 0.706. The predicted molar refractivity (Wildman–Crippen MR) is 82.6 cm³/mol. The van der Waals surface area contributed by atoms with Crippen molar-refractivity contribution in [1.82, 2.24) is 9.38 Å². The lowest BCUT2D eigenvalue weighted by molar-refractivity contribution is -0.136. The fourth-order valence-corrected chi connectivity index (χ4v) is 3.36. The minimum atomic E-state index is -0.817. The van der Waals surface area contributed by atoms with Gasteiger partial charge < -0.3 is 5.11 Å². The first-order chi connectivity index (χ1) is 9.11. The molecule has 2 heterocycles. The summed E-state index contributed by atoms with van der Waals surface area (Å²) in [6.45, 7) is 0. The number of aromatic nitrogens is 2. The molecule has 0 bridgehead atoms. The highest BCUT2D eigenvalue weighted by molar-refractivity contribution is 14.1. The third-order valence-electron chi connectivity index (χ3n) is 2.65. The molecular formula is C13H9IN2O2S. The molecule has 0 saturated carbocycles. The van der Waals surface area contributed by atoms with Gasteiger partial charge in [0.1, 0.15) is 0 Å². The molecule has 0 aliphatic rings. The van der Waals surface area contributed by atoms with Crippen molar-refractivity contribution in [2.75, 3.05) is 0 Å². The predicted octanol–water partition coefficient (Wildman–Crippen LogP) is 3.29. The highest BCUT2D eigenvalue weighted by Gasteiger charge is 2.10. The van der Waals surface area contributed by atoms with E-state index >= 15 is 0 Å². The first kappa shape index (κ1) is 12.6. The second kappa shape index (κ2) is 4.93. The smallest absolute Gasteiger partial charge is 0.308 e. The molecule has 0 unspecified atom stereocenters. The Balaban J connectivity index is 1.99. The van der Waals surface area contributed by atoms with Crippen LogP contribution in [0.1, 0.15) is 4.88 Å². The molecule has 0 aliphatic heterocycles. The molecule has 3 aromatic rings. The highest BCUT2D eigenvalue weighted by atomic mass is 127. The van der Waals surface area contributed by atoms with Crippen LogP contribution in [0.25, 0.3) is 16.2 Å². The zero-order chi connectivity index (χ0) is 13.4. The fourth-order valence-electron chi connectivity index (χ4n) is 1.86. The minimum Gasteiger partial charge on any atom is -0.481 e. The van der Waals surface area contributed by atoms with Crippen LogP contribution in [0, 0.1) is 3.57 Å². The van der Waals surface area contributed by atoms with E-state index in [4.69, 9.17) is 5.11 Å². The average Bonchev–Trinajstić information content (AvgIpc) is 2.85. The van der Waals surface area contributed by atoms with Gasteiger partial charge >= 0.3 is 5.97 Å². The van der Waals surface area contributed by atoms with Gasteiger partial charge in [-0.3, -0.25) is 9.20 Å². The molecule has 0 spiro atoms. The number of benzene rings is 1. The van der Waals surface area contributed by atoms with Gasteiger partial charge in [-0.25, -0.2) is 4.98 Å². The lowest BCUT2D eigenvalue weighted by Gasteiger charge is -1.96. The molecule has 4 nitrogen and oxygen atoms in total. The molecule has 1 aromatic carbocycles. The van der Waals surface area contributed by atoms with Crippen molar-refractivity contribution in [3.63, 3.8) is 0 Å². The molecule has 1 N–H and O–H groups in total. The lowest BCUT2D eigenvalue weighted by atomic mass is 10.2. The van der Waals surface area contributed by atoms with Crippen LogP contribution in [-0.4, -0.2) is 20.5 Å². The summed E-state index contributed by atoms with van der Waals surface area (Å²) in [5.74, 6) is -0.817. The van der Waals surface area contributed by atoms with Crippen LogP contribution in [-0.2, 0) is 11.2 Å². The molecule has 0 amide bonds. The van der Waals surface area contributed by atoms with E-state index in [9.17, 15) is 4.79 Å². The molecule has 2 aromatic heterocycles. The summed E-state index contributed by atoms with van der Waals surface area (Å²) in [6.07, 6.45) is 3.81. The van der Waals surface area contributed by atoms with E-state index in [1.165, 1.54) is 11.3 Å². The van der Waals surface area contributed by atoms with Crippen LogP contribution in [0.2, 0.25) is 0 Å². The van der Waals surface area contributed by atoms with Gasteiger partial charge in [0.05, 0.1) is 12.1 Å². The minimum absolute atomic E-state index is 0.0482. The topological polar surface area (TPSA) is 54.6 Å². The summed E-state index contributed by atoms with van der Waals surface area (Å²) in [5, 5.41) is 8.77. The summed E-state index contributed by atoms with van der Waals surface area (Å²) in [4.78, 5) is 16.8. The first-order valence-electron chi connectivity index (χ1n) is 5.57. The van der Waals surface area contributed by atoms with E-state index in [0.29, 0.717) is 0 Å². The number of rotatable bonds is 3. The Hall–Kier alpha value is -1.41. The second-order valence-electron chi connectivity index (χ2n) is 4.09. The molecule has 0 fully saturated rings. The normalized spacial score (nSPS) is 11.0.